The molecule has 11 heteroatoms. The molecule has 0 aliphatic heterocycles. The van der Waals surface area contributed by atoms with Crippen molar-refractivity contribution in [1.82, 2.24) is 23.9 Å². The molecular formula is C26H29BrN6O4. The van der Waals surface area contributed by atoms with Crippen LogP contribution in [0.4, 0.5) is 5.95 Å². The second-order valence-electron chi connectivity index (χ2n) is 9.71. The molecule has 1 aliphatic carbocycles. The molecule has 3 N–H and O–H groups in total. The van der Waals surface area contributed by atoms with E-state index in [0.29, 0.717) is 29.9 Å². The number of carboxylic acids is 1. The number of ether oxygens (including phenoxy) is 1. The lowest BCUT2D eigenvalue weighted by atomic mass is 10.1. The maximum atomic E-state index is 12.9. The van der Waals surface area contributed by atoms with Crippen LogP contribution < -0.4 is 16.0 Å². The van der Waals surface area contributed by atoms with Gasteiger partial charge in [0.15, 0.2) is 0 Å². The van der Waals surface area contributed by atoms with E-state index in [1.165, 1.54) is 16.8 Å². The highest BCUT2D eigenvalue weighted by Gasteiger charge is 2.30. The van der Waals surface area contributed by atoms with Crippen molar-refractivity contribution in [2.75, 3.05) is 12.3 Å². The predicted molar refractivity (Wildman–Crippen MR) is 144 cm³/mol. The Balaban J connectivity index is 1.29. The molecule has 0 saturated heterocycles. The van der Waals surface area contributed by atoms with Crippen molar-refractivity contribution in [1.29, 1.82) is 0 Å². The first-order valence-corrected chi connectivity index (χ1v) is 13.1. The average molecular weight is 569 g/mol. The number of aromatic nitrogens is 5. The fourth-order valence-corrected chi connectivity index (χ4v) is 4.94. The van der Waals surface area contributed by atoms with E-state index >= 15 is 0 Å². The highest BCUT2D eigenvalue weighted by Crippen LogP contribution is 2.41. The number of rotatable bonds is 10. The van der Waals surface area contributed by atoms with Crippen LogP contribution in [0.3, 0.4) is 0 Å². The molecule has 1 aromatic carbocycles. The Morgan fingerprint density at radius 3 is 2.81 bits per heavy atom. The summed E-state index contributed by atoms with van der Waals surface area (Å²) in [4.78, 5) is 28.9. The summed E-state index contributed by atoms with van der Waals surface area (Å²) >= 11 is 3.52. The average Bonchev–Trinajstić information content (AvgIpc) is 3.55. The highest BCUT2D eigenvalue weighted by molar-refractivity contribution is 9.10. The van der Waals surface area contributed by atoms with E-state index in [1.807, 2.05) is 27.4 Å². The van der Waals surface area contributed by atoms with Gasteiger partial charge in [0, 0.05) is 24.3 Å². The molecule has 1 fully saturated rings. The van der Waals surface area contributed by atoms with E-state index in [2.05, 4.69) is 32.9 Å². The monoisotopic (exact) mass is 568 g/mol. The summed E-state index contributed by atoms with van der Waals surface area (Å²) in [5.41, 5.74) is 8.58. The van der Waals surface area contributed by atoms with Gasteiger partial charge in [-0.3, -0.25) is 4.79 Å². The zero-order valence-corrected chi connectivity index (χ0v) is 22.3. The maximum Gasteiger partial charge on any atom is 0.337 e. The molecule has 4 aromatic rings. The topological polar surface area (TPSA) is 130 Å². The van der Waals surface area contributed by atoms with Crippen molar-refractivity contribution in [2.45, 2.75) is 45.2 Å². The van der Waals surface area contributed by atoms with Crippen molar-refractivity contribution in [3.63, 3.8) is 0 Å². The van der Waals surface area contributed by atoms with Gasteiger partial charge in [0.25, 0.3) is 5.56 Å². The number of halogens is 1. The molecule has 3 heterocycles. The summed E-state index contributed by atoms with van der Waals surface area (Å²) < 4.78 is 12.3. The largest absolute Gasteiger partial charge is 0.478 e. The molecule has 0 radical (unpaired) electrons. The first-order chi connectivity index (χ1) is 17.7. The van der Waals surface area contributed by atoms with Gasteiger partial charge in [0.2, 0.25) is 11.8 Å². The number of carboxylic acid groups (broad SMARTS) is 1. The third-order valence-corrected chi connectivity index (χ3v) is 7.17. The summed E-state index contributed by atoms with van der Waals surface area (Å²) in [7, 11) is 1.54. The molecule has 37 heavy (non-hydrogen) atoms. The van der Waals surface area contributed by atoms with Crippen LogP contribution in [0.15, 0.2) is 45.9 Å². The number of aryl methyl sites for hydroxylation is 1. The molecule has 0 spiro atoms. The van der Waals surface area contributed by atoms with Crippen molar-refractivity contribution in [3.05, 3.63) is 57.0 Å². The Kier molecular flexibility index (Phi) is 6.80. The summed E-state index contributed by atoms with van der Waals surface area (Å²) in [6, 6.07) is 7.56. The number of nitrogens with two attached hydrogens (primary N) is 1. The normalized spacial score (nSPS) is 14.2. The Morgan fingerprint density at radius 2 is 2.08 bits per heavy atom. The third kappa shape index (κ3) is 5.13. The van der Waals surface area contributed by atoms with Gasteiger partial charge in [-0.1, -0.05) is 22.9 Å². The minimum absolute atomic E-state index is 0.0365. The van der Waals surface area contributed by atoms with E-state index in [4.69, 9.17) is 10.5 Å². The highest BCUT2D eigenvalue weighted by atomic mass is 79.9. The van der Waals surface area contributed by atoms with Crippen molar-refractivity contribution in [3.8, 4) is 17.0 Å². The van der Waals surface area contributed by atoms with Crippen LogP contribution in [0.5, 0.6) is 5.88 Å². The number of fused-ring (bicyclic) bond motifs is 1. The maximum absolute atomic E-state index is 12.9. The summed E-state index contributed by atoms with van der Waals surface area (Å²) in [6.45, 7) is 3.35. The number of benzene rings is 1. The molecular weight excluding hydrogens is 540 g/mol. The second-order valence-corrected chi connectivity index (χ2v) is 10.6. The zero-order valence-electron chi connectivity index (χ0n) is 20.7. The molecule has 0 amide bonds. The van der Waals surface area contributed by atoms with Crippen LogP contribution >= 0.6 is 15.9 Å². The number of aromatic carboxylic acids is 1. The lowest BCUT2D eigenvalue weighted by Gasteiger charge is -2.15. The number of nitrogen functional groups attached to an aromatic ring is 1. The molecule has 0 bridgehead atoms. The minimum atomic E-state index is -1.10. The van der Waals surface area contributed by atoms with Gasteiger partial charge in [-0.2, -0.15) is 5.10 Å². The number of nitrogens with zero attached hydrogens (tertiary/aromatic N) is 5. The molecule has 194 valence electrons. The van der Waals surface area contributed by atoms with Gasteiger partial charge in [-0.25, -0.2) is 14.5 Å². The van der Waals surface area contributed by atoms with E-state index in [0.717, 1.165) is 47.7 Å². The SMILES string of the molecule is C[C@H](CCCOc1c(-c2cc(C(=O)O)cn(C)c2=O)cnn1C1CC1)Cn1c(N)nc2ccc(Br)cc21. The third-order valence-electron chi connectivity index (χ3n) is 6.68. The lowest BCUT2D eigenvalue weighted by Crippen LogP contribution is -2.20. The number of hydrogen-bond donors (Lipinski definition) is 2. The Hall–Kier alpha value is -3.60. The van der Waals surface area contributed by atoms with Crippen LogP contribution in [0, 0.1) is 5.92 Å². The Bertz CT molecular complexity index is 1530. The number of carbonyl (C=O) groups is 1. The number of anilines is 1. The minimum Gasteiger partial charge on any atom is -0.478 e. The van der Waals surface area contributed by atoms with E-state index in [9.17, 15) is 14.7 Å². The Labute approximate surface area is 221 Å². The fraction of sp³-hybridized carbons (Fsp3) is 0.385. The van der Waals surface area contributed by atoms with Crippen LogP contribution in [0.2, 0.25) is 0 Å². The standard InChI is InChI=1S/C26H29BrN6O4/c1-15(13-32-22-11-17(27)5-8-21(22)30-26(32)28)4-3-9-37-24-20(12-29-33(24)18-6-7-18)19-10-16(25(35)36)14-31(2)23(19)34/h5,8,10-12,14-15,18H,3-4,6-7,9,13H2,1-2H3,(H2,28,30)(H,35,36)/t15-/m1/s1. The molecule has 3 aromatic heterocycles. The first kappa shape index (κ1) is 25.1. The van der Waals surface area contributed by atoms with Gasteiger partial charge in [0.05, 0.1) is 46.6 Å². The number of pyridine rings is 1. The summed E-state index contributed by atoms with van der Waals surface area (Å²) in [5.74, 6) is 0.250. The van der Waals surface area contributed by atoms with Crippen molar-refractivity contribution < 1.29 is 14.6 Å². The van der Waals surface area contributed by atoms with Gasteiger partial charge in [-0.15, -0.1) is 0 Å². The predicted octanol–water partition coefficient (Wildman–Crippen LogP) is 4.47. The van der Waals surface area contributed by atoms with Crippen molar-refractivity contribution in [2.24, 2.45) is 13.0 Å². The smallest absolute Gasteiger partial charge is 0.337 e. The van der Waals surface area contributed by atoms with Crippen molar-refractivity contribution >= 4 is 38.9 Å². The van der Waals surface area contributed by atoms with Crippen LogP contribution in [0.1, 0.15) is 49.0 Å². The molecule has 1 aliphatic rings. The number of imidazole rings is 1. The van der Waals surface area contributed by atoms with Crippen LogP contribution in [-0.2, 0) is 13.6 Å². The van der Waals surface area contributed by atoms with Gasteiger partial charge < -0.3 is 24.7 Å². The van der Waals surface area contributed by atoms with Gasteiger partial charge >= 0.3 is 5.97 Å². The quantitative estimate of drug-likeness (QED) is 0.270. The van der Waals surface area contributed by atoms with Gasteiger partial charge in [-0.05, 0) is 55.9 Å². The second kappa shape index (κ2) is 10.0. The lowest BCUT2D eigenvalue weighted by molar-refractivity contribution is 0.0696. The molecule has 1 saturated carbocycles. The van der Waals surface area contributed by atoms with Crippen LogP contribution in [-0.4, -0.2) is 41.6 Å². The molecule has 10 nitrogen and oxygen atoms in total. The zero-order chi connectivity index (χ0) is 26.3. The van der Waals surface area contributed by atoms with Gasteiger partial charge in [0.1, 0.15) is 0 Å². The summed E-state index contributed by atoms with van der Waals surface area (Å²) in [6.07, 6.45) is 6.60. The Morgan fingerprint density at radius 1 is 1.30 bits per heavy atom. The summed E-state index contributed by atoms with van der Waals surface area (Å²) in [5, 5.41) is 13.9. The molecule has 1 atom stereocenters. The van der Waals surface area contributed by atoms with E-state index in [-0.39, 0.29) is 22.7 Å². The number of hydrogen-bond acceptors (Lipinski definition) is 6. The van der Waals surface area contributed by atoms with Crippen LogP contribution in [0.25, 0.3) is 22.2 Å². The first-order valence-electron chi connectivity index (χ1n) is 12.3. The molecule has 5 rings (SSSR count). The fourth-order valence-electron chi connectivity index (χ4n) is 4.59. The van der Waals surface area contributed by atoms with E-state index in [1.54, 1.807) is 13.2 Å². The van der Waals surface area contributed by atoms with E-state index < -0.39 is 5.97 Å². The molecule has 0 unspecified atom stereocenters.